The number of halogens is 2. The highest BCUT2D eigenvalue weighted by molar-refractivity contribution is 5.80. The van der Waals surface area contributed by atoms with Gasteiger partial charge in [0.1, 0.15) is 5.75 Å². The van der Waals surface area contributed by atoms with Crippen molar-refractivity contribution in [3.8, 4) is 5.75 Å². The van der Waals surface area contributed by atoms with Crippen LogP contribution in [-0.4, -0.2) is 45.3 Å². The minimum absolute atomic E-state index is 0.183. The lowest BCUT2D eigenvalue weighted by Crippen LogP contribution is -2.45. The summed E-state index contributed by atoms with van der Waals surface area (Å²) in [7, 11) is 1.75. The van der Waals surface area contributed by atoms with Gasteiger partial charge in [0.2, 0.25) is 0 Å². The number of nitrogens with zero attached hydrogens (tertiary/aromatic N) is 2. The summed E-state index contributed by atoms with van der Waals surface area (Å²) in [5, 5.41) is 6.75. The molecule has 1 aliphatic rings. The van der Waals surface area contributed by atoms with E-state index in [1.807, 2.05) is 30.3 Å². The zero-order valence-corrected chi connectivity index (χ0v) is 15.9. The van der Waals surface area contributed by atoms with E-state index in [1.54, 1.807) is 19.2 Å². The Balaban J connectivity index is 1.51. The molecule has 2 aromatic carbocycles. The van der Waals surface area contributed by atoms with E-state index >= 15 is 0 Å². The van der Waals surface area contributed by atoms with Gasteiger partial charge in [-0.15, -0.1) is 0 Å². The topological polar surface area (TPSA) is 48.9 Å². The molecule has 5 nitrogen and oxygen atoms in total. The maximum atomic E-state index is 12.6. The molecule has 0 aromatic heterocycles. The standard InChI is InChI=1S/C21H26F2N4O/c1-24-21(25-13-11-16-7-3-2-4-8-16)26-17-12-14-27(15-17)18-9-5-6-10-19(18)28-20(22)23/h2-10,17,20H,11-15H2,1H3,(H2,24,25,26). The van der Waals surface area contributed by atoms with E-state index in [2.05, 4.69) is 37.4 Å². The number of anilines is 1. The second kappa shape index (κ2) is 9.92. The number of aliphatic imine (C=N–C) groups is 1. The van der Waals surface area contributed by atoms with E-state index in [9.17, 15) is 8.78 Å². The van der Waals surface area contributed by atoms with Crippen LogP contribution in [-0.2, 0) is 6.42 Å². The van der Waals surface area contributed by atoms with Gasteiger partial charge >= 0.3 is 6.61 Å². The molecule has 0 saturated carbocycles. The number of hydrogen-bond donors (Lipinski definition) is 2. The van der Waals surface area contributed by atoms with Crippen LogP contribution in [0.4, 0.5) is 14.5 Å². The Hall–Kier alpha value is -2.83. The van der Waals surface area contributed by atoms with Crippen molar-refractivity contribution in [1.82, 2.24) is 10.6 Å². The van der Waals surface area contributed by atoms with Crippen LogP contribution in [0, 0.1) is 0 Å². The van der Waals surface area contributed by atoms with Crippen LogP contribution in [0.3, 0.4) is 0 Å². The summed E-state index contributed by atoms with van der Waals surface area (Å²) in [6.07, 6.45) is 1.80. The van der Waals surface area contributed by atoms with Crippen molar-refractivity contribution in [3.05, 3.63) is 60.2 Å². The minimum atomic E-state index is -2.83. The fraction of sp³-hybridized carbons (Fsp3) is 0.381. The molecule has 1 atom stereocenters. The third kappa shape index (κ3) is 5.58. The first kappa shape index (κ1) is 19.9. The van der Waals surface area contributed by atoms with Crippen molar-refractivity contribution in [2.24, 2.45) is 4.99 Å². The fourth-order valence-corrected chi connectivity index (χ4v) is 3.37. The molecule has 1 aliphatic heterocycles. The van der Waals surface area contributed by atoms with Crippen LogP contribution in [0.2, 0.25) is 0 Å². The summed E-state index contributed by atoms with van der Waals surface area (Å²) in [4.78, 5) is 6.35. The molecule has 1 fully saturated rings. The van der Waals surface area contributed by atoms with Crippen LogP contribution in [0.1, 0.15) is 12.0 Å². The highest BCUT2D eigenvalue weighted by atomic mass is 19.3. The van der Waals surface area contributed by atoms with Gasteiger partial charge in [-0.05, 0) is 30.5 Å². The van der Waals surface area contributed by atoms with Crippen molar-refractivity contribution in [3.63, 3.8) is 0 Å². The minimum Gasteiger partial charge on any atom is -0.433 e. The predicted molar refractivity (Wildman–Crippen MR) is 108 cm³/mol. The van der Waals surface area contributed by atoms with Crippen LogP contribution in [0.25, 0.3) is 0 Å². The molecular formula is C21H26F2N4O. The van der Waals surface area contributed by atoms with E-state index in [0.29, 0.717) is 12.2 Å². The van der Waals surface area contributed by atoms with E-state index < -0.39 is 6.61 Å². The number of nitrogens with one attached hydrogen (secondary N) is 2. The lowest BCUT2D eigenvalue weighted by Gasteiger charge is -2.22. The van der Waals surface area contributed by atoms with Crippen molar-refractivity contribution < 1.29 is 13.5 Å². The van der Waals surface area contributed by atoms with E-state index in [4.69, 9.17) is 0 Å². The molecular weight excluding hydrogens is 362 g/mol. The van der Waals surface area contributed by atoms with E-state index in [0.717, 1.165) is 31.9 Å². The smallest absolute Gasteiger partial charge is 0.387 e. The SMILES string of the molecule is CN=C(NCCc1ccccc1)NC1CCN(c2ccccc2OC(F)F)C1. The number of benzene rings is 2. The van der Waals surface area contributed by atoms with Gasteiger partial charge < -0.3 is 20.3 Å². The quantitative estimate of drug-likeness (QED) is 0.565. The largest absolute Gasteiger partial charge is 0.433 e. The summed E-state index contributed by atoms with van der Waals surface area (Å²) in [6, 6.07) is 17.4. The zero-order chi connectivity index (χ0) is 19.8. The van der Waals surface area contributed by atoms with Crippen molar-refractivity contribution >= 4 is 11.6 Å². The first-order valence-electron chi connectivity index (χ1n) is 9.45. The molecule has 0 bridgehead atoms. The van der Waals surface area contributed by atoms with Gasteiger partial charge in [-0.3, -0.25) is 4.99 Å². The molecule has 150 valence electrons. The molecule has 2 aromatic rings. The van der Waals surface area contributed by atoms with Crippen LogP contribution in [0.5, 0.6) is 5.75 Å². The molecule has 1 saturated heterocycles. The Morgan fingerprint density at radius 2 is 1.93 bits per heavy atom. The maximum Gasteiger partial charge on any atom is 0.387 e. The van der Waals surface area contributed by atoms with Crippen LogP contribution in [0.15, 0.2) is 59.6 Å². The Bertz CT molecular complexity index is 770. The monoisotopic (exact) mass is 388 g/mol. The number of ether oxygens (including phenoxy) is 1. The highest BCUT2D eigenvalue weighted by Gasteiger charge is 2.25. The Morgan fingerprint density at radius 3 is 2.68 bits per heavy atom. The third-order valence-corrected chi connectivity index (χ3v) is 4.72. The van der Waals surface area contributed by atoms with Gasteiger partial charge in [0.25, 0.3) is 0 Å². The van der Waals surface area contributed by atoms with Gasteiger partial charge in [0.15, 0.2) is 5.96 Å². The Kier molecular flexibility index (Phi) is 7.06. The molecule has 0 amide bonds. The average molecular weight is 388 g/mol. The van der Waals surface area contributed by atoms with Crippen molar-refractivity contribution in [1.29, 1.82) is 0 Å². The zero-order valence-electron chi connectivity index (χ0n) is 15.9. The Labute approximate surface area is 164 Å². The second-order valence-electron chi connectivity index (χ2n) is 6.66. The summed E-state index contributed by atoms with van der Waals surface area (Å²) in [5.41, 5.74) is 1.97. The summed E-state index contributed by atoms with van der Waals surface area (Å²) in [5.74, 6) is 0.961. The molecule has 7 heteroatoms. The predicted octanol–water partition coefficient (Wildman–Crippen LogP) is 3.27. The van der Waals surface area contributed by atoms with E-state index in [1.165, 1.54) is 5.56 Å². The van der Waals surface area contributed by atoms with Gasteiger partial charge in [-0.25, -0.2) is 0 Å². The average Bonchev–Trinajstić information content (AvgIpc) is 3.16. The highest BCUT2D eigenvalue weighted by Crippen LogP contribution is 2.31. The molecule has 0 spiro atoms. The molecule has 0 aliphatic carbocycles. The van der Waals surface area contributed by atoms with Crippen molar-refractivity contribution in [2.75, 3.05) is 31.6 Å². The molecule has 0 radical (unpaired) electrons. The third-order valence-electron chi connectivity index (χ3n) is 4.72. The molecule has 28 heavy (non-hydrogen) atoms. The van der Waals surface area contributed by atoms with Crippen LogP contribution >= 0.6 is 0 Å². The van der Waals surface area contributed by atoms with E-state index in [-0.39, 0.29) is 11.8 Å². The number of alkyl halides is 2. The molecule has 1 unspecified atom stereocenters. The Morgan fingerprint density at radius 1 is 1.18 bits per heavy atom. The summed E-state index contributed by atoms with van der Waals surface area (Å²) in [6.45, 7) is -0.582. The maximum absolute atomic E-state index is 12.6. The fourth-order valence-electron chi connectivity index (χ4n) is 3.37. The molecule has 1 heterocycles. The van der Waals surface area contributed by atoms with Gasteiger partial charge in [-0.1, -0.05) is 42.5 Å². The van der Waals surface area contributed by atoms with Gasteiger partial charge in [0, 0.05) is 32.7 Å². The van der Waals surface area contributed by atoms with Gasteiger partial charge in [0.05, 0.1) is 5.69 Å². The summed E-state index contributed by atoms with van der Waals surface area (Å²) < 4.78 is 30.0. The number of hydrogen-bond acceptors (Lipinski definition) is 3. The summed E-state index contributed by atoms with van der Waals surface area (Å²) >= 11 is 0. The van der Waals surface area contributed by atoms with Gasteiger partial charge in [-0.2, -0.15) is 8.78 Å². The molecule has 3 rings (SSSR count). The first-order valence-corrected chi connectivity index (χ1v) is 9.45. The lowest BCUT2D eigenvalue weighted by atomic mass is 10.1. The second-order valence-corrected chi connectivity index (χ2v) is 6.66. The molecule has 2 N–H and O–H groups in total. The van der Waals surface area contributed by atoms with Crippen LogP contribution < -0.4 is 20.3 Å². The lowest BCUT2D eigenvalue weighted by molar-refractivity contribution is -0.0495. The number of guanidine groups is 1. The number of rotatable bonds is 7. The van der Waals surface area contributed by atoms with Crippen molar-refractivity contribution in [2.45, 2.75) is 25.5 Å². The normalized spacial score (nSPS) is 17.1. The first-order chi connectivity index (χ1) is 13.7. The number of para-hydroxylation sites is 2.